The number of nitrogens with one attached hydrogen (secondary N) is 1. The standard InChI is InChI=1S/C27H32N6O4S/c1-31-24(18-28-25(34)12-10-20-9-11-22(36-2)23(17-20)37-3)29-30-27(31)38-19-26(35)33-15-13-32(14-16-33)21-7-5-4-6-8-21/h4-12,17H,13-16,18-19H2,1-3H3,(H,28,34). The molecule has 2 aromatic carbocycles. The van der Waals surface area contributed by atoms with Crippen LogP contribution < -0.4 is 19.7 Å². The summed E-state index contributed by atoms with van der Waals surface area (Å²) < 4.78 is 12.3. The highest BCUT2D eigenvalue weighted by molar-refractivity contribution is 7.99. The summed E-state index contributed by atoms with van der Waals surface area (Å²) in [6, 6.07) is 15.7. The van der Waals surface area contributed by atoms with Crippen LogP contribution in [0.25, 0.3) is 6.08 Å². The van der Waals surface area contributed by atoms with E-state index < -0.39 is 0 Å². The molecule has 0 aliphatic carbocycles. The first-order valence-corrected chi connectivity index (χ1v) is 13.2. The van der Waals surface area contributed by atoms with Gasteiger partial charge in [0.05, 0.1) is 26.5 Å². The minimum Gasteiger partial charge on any atom is -0.493 e. The van der Waals surface area contributed by atoms with Gasteiger partial charge in [0, 0.05) is 45.0 Å². The fourth-order valence-electron chi connectivity index (χ4n) is 4.05. The first-order chi connectivity index (χ1) is 18.5. The summed E-state index contributed by atoms with van der Waals surface area (Å²) in [5.41, 5.74) is 1.99. The number of benzene rings is 2. The Morgan fingerprint density at radius 1 is 1.00 bits per heavy atom. The second-order valence-corrected chi connectivity index (χ2v) is 9.56. The smallest absolute Gasteiger partial charge is 0.244 e. The van der Waals surface area contributed by atoms with Crippen molar-refractivity contribution < 1.29 is 19.1 Å². The van der Waals surface area contributed by atoms with Crippen molar-refractivity contribution in [1.82, 2.24) is 25.0 Å². The number of nitrogens with zero attached hydrogens (tertiary/aromatic N) is 5. The average Bonchev–Trinajstić information content (AvgIpc) is 3.32. The highest BCUT2D eigenvalue weighted by Gasteiger charge is 2.22. The Labute approximate surface area is 226 Å². The Morgan fingerprint density at radius 2 is 1.74 bits per heavy atom. The molecule has 1 N–H and O–H groups in total. The van der Waals surface area contributed by atoms with Gasteiger partial charge in [-0.1, -0.05) is 36.0 Å². The molecule has 1 aromatic heterocycles. The molecule has 1 fully saturated rings. The van der Waals surface area contributed by atoms with E-state index in [4.69, 9.17) is 9.47 Å². The molecule has 11 heteroatoms. The third kappa shape index (κ3) is 6.86. The Morgan fingerprint density at radius 3 is 2.45 bits per heavy atom. The maximum Gasteiger partial charge on any atom is 0.244 e. The predicted octanol–water partition coefficient (Wildman–Crippen LogP) is 2.60. The van der Waals surface area contributed by atoms with Gasteiger partial charge in [-0.15, -0.1) is 10.2 Å². The van der Waals surface area contributed by atoms with Gasteiger partial charge in [-0.2, -0.15) is 0 Å². The van der Waals surface area contributed by atoms with Gasteiger partial charge >= 0.3 is 0 Å². The minimum absolute atomic E-state index is 0.0841. The molecule has 4 rings (SSSR count). The molecule has 0 atom stereocenters. The Kier molecular flexibility index (Phi) is 9.26. The van der Waals surface area contributed by atoms with Crippen molar-refractivity contribution in [3.8, 4) is 11.5 Å². The molecule has 0 bridgehead atoms. The van der Waals surface area contributed by atoms with Crippen molar-refractivity contribution in [1.29, 1.82) is 0 Å². The molecule has 0 unspecified atom stereocenters. The number of hydrogen-bond donors (Lipinski definition) is 1. The summed E-state index contributed by atoms with van der Waals surface area (Å²) in [6.07, 6.45) is 3.14. The number of aromatic nitrogens is 3. The van der Waals surface area contributed by atoms with E-state index in [-0.39, 0.29) is 24.1 Å². The number of carbonyl (C=O) groups excluding carboxylic acids is 2. The van der Waals surface area contributed by atoms with E-state index in [2.05, 4.69) is 32.5 Å². The van der Waals surface area contributed by atoms with Gasteiger partial charge in [-0.05, 0) is 35.9 Å². The van der Waals surface area contributed by atoms with Crippen LogP contribution in [0, 0.1) is 0 Å². The number of amides is 2. The fourth-order valence-corrected chi connectivity index (χ4v) is 4.88. The van der Waals surface area contributed by atoms with Gasteiger partial charge in [-0.3, -0.25) is 9.59 Å². The lowest BCUT2D eigenvalue weighted by molar-refractivity contribution is -0.128. The van der Waals surface area contributed by atoms with Crippen molar-refractivity contribution in [3.63, 3.8) is 0 Å². The van der Waals surface area contributed by atoms with E-state index in [1.54, 1.807) is 37.0 Å². The number of thioether (sulfide) groups is 1. The molecular weight excluding hydrogens is 504 g/mol. The molecule has 10 nitrogen and oxygen atoms in total. The largest absolute Gasteiger partial charge is 0.493 e. The molecule has 2 heterocycles. The highest BCUT2D eigenvalue weighted by atomic mass is 32.2. The average molecular weight is 537 g/mol. The van der Waals surface area contributed by atoms with Crippen LogP contribution in [0.4, 0.5) is 5.69 Å². The van der Waals surface area contributed by atoms with Crippen molar-refractivity contribution in [2.75, 3.05) is 51.1 Å². The second kappa shape index (κ2) is 13.0. The lowest BCUT2D eigenvalue weighted by atomic mass is 10.2. The number of piperazine rings is 1. The molecule has 200 valence electrons. The zero-order chi connectivity index (χ0) is 26.9. The van der Waals surface area contributed by atoms with Crippen LogP contribution in [-0.2, 0) is 23.2 Å². The normalized spacial score (nSPS) is 13.6. The summed E-state index contributed by atoms with van der Waals surface area (Å²) in [5, 5.41) is 11.8. The van der Waals surface area contributed by atoms with Crippen LogP contribution in [0.3, 0.4) is 0 Å². The van der Waals surface area contributed by atoms with Crippen LogP contribution in [0.5, 0.6) is 11.5 Å². The quantitative estimate of drug-likeness (QED) is 0.312. The molecule has 2 amide bonds. The molecule has 0 saturated carbocycles. The minimum atomic E-state index is -0.262. The summed E-state index contributed by atoms with van der Waals surface area (Å²) in [7, 11) is 4.96. The van der Waals surface area contributed by atoms with Crippen molar-refractivity contribution in [2.45, 2.75) is 11.7 Å². The first kappa shape index (κ1) is 27.1. The van der Waals surface area contributed by atoms with E-state index in [0.29, 0.717) is 35.6 Å². The summed E-state index contributed by atoms with van der Waals surface area (Å²) >= 11 is 1.35. The number of carbonyl (C=O) groups is 2. The van der Waals surface area contributed by atoms with Crippen molar-refractivity contribution >= 4 is 35.3 Å². The van der Waals surface area contributed by atoms with Gasteiger partial charge in [0.1, 0.15) is 0 Å². The Balaban J connectivity index is 1.22. The summed E-state index contributed by atoms with van der Waals surface area (Å²) in [6.45, 7) is 3.24. The topological polar surface area (TPSA) is 102 Å². The number of methoxy groups -OCH3 is 2. The second-order valence-electron chi connectivity index (χ2n) is 8.62. The Bertz CT molecular complexity index is 1270. The number of anilines is 1. The first-order valence-electron chi connectivity index (χ1n) is 12.2. The molecule has 0 spiro atoms. The van der Waals surface area contributed by atoms with Gasteiger partial charge in [0.15, 0.2) is 22.5 Å². The van der Waals surface area contributed by atoms with Gasteiger partial charge in [0.25, 0.3) is 0 Å². The van der Waals surface area contributed by atoms with Crippen LogP contribution in [0.15, 0.2) is 59.8 Å². The monoisotopic (exact) mass is 536 g/mol. The van der Waals surface area contributed by atoms with Crippen molar-refractivity contribution in [3.05, 3.63) is 66.0 Å². The zero-order valence-electron chi connectivity index (χ0n) is 21.8. The molecule has 38 heavy (non-hydrogen) atoms. The zero-order valence-corrected chi connectivity index (χ0v) is 22.6. The van der Waals surface area contributed by atoms with Crippen LogP contribution >= 0.6 is 11.8 Å². The maximum absolute atomic E-state index is 12.8. The third-order valence-electron chi connectivity index (χ3n) is 6.26. The predicted molar refractivity (Wildman–Crippen MR) is 147 cm³/mol. The third-order valence-corrected chi connectivity index (χ3v) is 7.26. The van der Waals surface area contributed by atoms with Crippen LogP contribution in [0.1, 0.15) is 11.4 Å². The van der Waals surface area contributed by atoms with Crippen LogP contribution in [0.2, 0.25) is 0 Å². The van der Waals surface area contributed by atoms with E-state index in [1.807, 2.05) is 36.2 Å². The molecule has 1 aliphatic heterocycles. The molecule has 3 aromatic rings. The fraction of sp³-hybridized carbons (Fsp3) is 0.333. The summed E-state index contributed by atoms with van der Waals surface area (Å²) in [5.74, 6) is 1.93. The SMILES string of the molecule is COc1ccc(C=CC(=O)NCc2nnc(SCC(=O)N3CCN(c4ccccc4)CC3)n2C)cc1OC. The highest BCUT2D eigenvalue weighted by Crippen LogP contribution is 2.28. The summed E-state index contributed by atoms with van der Waals surface area (Å²) in [4.78, 5) is 29.3. The van der Waals surface area contributed by atoms with E-state index in [1.165, 1.54) is 23.5 Å². The molecule has 1 saturated heterocycles. The molecule has 1 aliphatic rings. The molecule has 0 radical (unpaired) electrons. The number of ether oxygens (including phenoxy) is 2. The van der Waals surface area contributed by atoms with Crippen molar-refractivity contribution in [2.24, 2.45) is 7.05 Å². The Hall–Kier alpha value is -3.99. The van der Waals surface area contributed by atoms with Gasteiger partial charge < -0.3 is 29.2 Å². The van der Waals surface area contributed by atoms with E-state index >= 15 is 0 Å². The van der Waals surface area contributed by atoms with E-state index in [9.17, 15) is 9.59 Å². The van der Waals surface area contributed by atoms with Gasteiger partial charge in [0.2, 0.25) is 11.8 Å². The molecular formula is C27H32N6O4S. The van der Waals surface area contributed by atoms with Crippen LogP contribution in [-0.4, -0.2) is 77.6 Å². The lowest BCUT2D eigenvalue weighted by Crippen LogP contribution is -2.49. The number of rotatable bonds is 10. The van der Waals surface area contributed by atoms with E-state index in [0.717, 1.165) is 18.7 Å². The maximum atomic E-state index is 12.8. The number of para-hydroxylation sites is 1. The van der Waals surface area contributed by atoms with Gasteiger partial charge in [-0.25, -0.2) is 0 Å². The lowest BCUT2D eigenvalue weighted by Gasteiger charge is -2.36. The number of hydrogen-bond acceptors (Lipinski definition) is 8.